The highest BCUT2D eigenvalue weighted by Crippen LogP contribution is 2.37. The third-order valence-electron chi connectivity index (χ3n) is 4.30. The second kappa shape index (κ2) is 10.1. The number of unbranched alkanes of at least 4 members (excludes halogenated alkanes) is 5. The van der Waals surface area contributed by atoms with Gasteiger partial charge in [0.2, 0.25) is 0 Å². The van der Waals surface area contributed by atoms with Crippen LogP contribution in [0, 0.1) is 5.41 Å². The molecule has 2 heteroatoms. The van der Waals surface area contributed by atoms with Crippen molar-refractivity contribution in [2.45, 2.75) is 77.6 Å². The van der Waals surface area contributed by atoms with Gasteiger partial charge < -0.3 is 4.74 Å². The summed E-state index contributed by atoms with van der Waals surface area (Å²) in [6.45, 7) is 4.18. The molecule has 1 nitrogen and oxygen atoms in total. The molecule has 0 aromatic carbocycles. The van der Waals surface area contributed by atoms with Crippen LogP contribution in [0.1, 0.15) is 77.6 Å². The van der Waals surface area contributed by atoms with Crippen molar-refractivity contribution in [1.29, 1.82) is 0 Å². The minimum atomic E-state index is 0.406. The van der Waals surface area contributed by atoms with Gasteiger partial charge in [-0.1, -0.05) is 58.3 Å². The Morgan fingerprint density at radius 2 is 1.61 bits per heavy atom. The summed E-state index contributed by atoms with van der Waals surface area (Å²) in [6.07, 6.45) is 14.9. The number of rotatable bonds is 10. The van der Waals surface area contributed by atoms with Gasteiger partial charge in [0, 0.05) is 12.0 Å². The van der Waals surface area contributed by atoms with Crippen molar-refractivity contribution in [3.63, 3.8) is 0 Å². The third-order valence-corrected chi connectivity index (χ3v) is 4.97. The van der Waals surface area contributed by atoms with Crippen LogP contribution in [0.15, 0.2) is 0 Å². The second-order valence-corrected chi connectivity index (χ2v) is 6.36. The van der Waals surface area contributed by atoms with Gasteiger partial charge in [0.1, 0.15) is 0 Å². The predicted octanol–water partition coefficient (Wildman–Crippen LogP) is 5.24. The van der Waals surface area contributed by atoms with Crippen LogP contribution in [-0.4, -0.2) is 19.0 Å². The highest BCUT2D eigenvalue weighted by atomic mass is 32.1. The number of hydrogen-bond donors (Lipinski definition) is 1. The molecular formula is C16H32OS. The summed E-state index contributed by atoms with van der Waals surface area (Å²) in [6, 6.07) is 0. The Morgan fingerprint density at radius 1 is 0.944 bits per heavy atom. The van der Waals surface area contributed by atoms with Crippen LogP contribution in [0.25, 0.3) is 0 Å². The Bertz CT molecular complexity index is 188. The first kappa shape index (κ1) is 16.4. The number of ether oxygens (including phenoxy) is 1. The molecule has 1 saturated carbocycles. The molecule has 0 atom stereocenters. The fraction of sp³-hybridized carbons (Fsp3) is 1.00. The predicted molar refractivity (Wildman–Crippen MR) is 83.6 cm³/mol. The topological polar surface area (TPSA) is 9.23 Å². The maximum absolute atomic E-state index is 5.93. The average Bonchev–Trinajstić information content (AvgIpc) is 2.43. The zero-order chi connectivity index (χ0) is 13.1. The van der Waals surface area contributed by atoms with Gasteiger partial charge in [0.15, 0.2) is 0 Å². The molecule has 1 aliphatic rings. The fourth-order valence-electron chi connectivity index (χ4n) is 2.92. The van der Waals surface area contributed by atoms with Gasteiger partial charge in [-0.05, 0) is 25.0 Å². The lowest BCUT2D eigenvalue weighted by molar-refractivity contribution is 0.0326. The minimum absolute atomic E-state index is 0.406. The molecule has 1 aliphatic carbocycles. The smallest absolute Gasteiger partial charge is 0.0530 e. The van der Waals surface area contributed by atoms with E-state index in [2.05, 4.69) is 19.6 Å². The lowest BCUT2D eigenvalue weighted by atomic mass is 9.76. The lowest BCUT2D eigenvalue weighted by Crippen LogP contribution is -2.31. The van der Waals surface area contributed by atoms with Crippen molar-refractivity contribution in [3.8, 4) is 0 Å². The Hall–Kier alpha value is 0.310. The van der Waals surface area contributed by atoms with E-state index in [4.69, 9.17) is 4.74 Å². The van der Waals surface area contributed by atoms with Gasteiger partial charge in [-0.2, -0.15) is 12.6 Å². The summed E-state index contributed by atoms with van der Waals surface area (Å²) < 4.78 is 5.93. The Labute approximate surface area is 119 Å². The SMILES string of the molecule is CCCCCCCCOCC1(CS)CCCCC1. The number of hydrogen-bond acceptors (Lipinski definition) is 2. The molecule has 0 bridgehead atoms. The summed E-state index contributed by atoms with van der Waals surface area (Å²) in [5.41, 5.74) is 0.406. The largest absolute Gasteiger partial charge is 0.381 e. The molecule has 0 aromatic rings. The molecule has 0 unspecified atom stereocenters. The van der Waals surface area contributed by atoms with Crippen LogP contribution < -0.4 is 0 Å². The highest BCUT2D eigenvalue weighted by Gasteiger charge is 2.30. The van der Waals surface area contributed by atoms with Crippen LogP contribution >= 0.6 is 12.6 Å². The molecule has 1 fully saturated rings. The van der Waals surface area contributed by atoms with Crippen molar-refractivity contribution in [2.75, 3.05) is 19.0 Å². The molecule has 108 valence electrons. The summed E-state index contributed by atoms with van der Waals surface area (Å²) in [7, 11) is 0. The maximum Gasteiger partial charge on any atom is 0.0530 e. The first-order valence-electron chi connectivity index (χ1n) is 8.01. The zero-order valence-corrected chi connectivity index (χ0v) is 13.1. The molecule has 1 rings (SSSR count). The van der Waals surface area contributed by atoms with E-state index in [1.807, 2.05) is 0 Å². The van der Waals surface area contributed by atoms with E-state index >= 15 is 0 Å². The second-order valence-electron chi connectivity index (χ2n) is 6.04. The first-order chi connectivity index (χ1) is 8.83. The molecule has 0 N–H and O–H groups in total. The van der Waals surface area contributed by atoms with Gasteiger partial charge in [-0.25, -0.2) is 0 Å². The molecule has 18 heavy (non-hydrogen) atoms. The standard InChI is InChI=1S/C16H32OS/c1-2-3-4-5-6-10-13-17-14-16(15-18)11-8-7-9-12-16/h18H,2-15H2,1H3. The van der Waals surface area contributed by atoms with Crippen LogP contribution in [0.5, 0.6) is 0 Å². The zero-order valence-electron chi connectivity index (χ0n) is 12.3. The molecule has 0 aromatic heterocycles. The van der Waals surface area contributed by atoms with Crippen LogP contribution in [0.3, 0.4) is 0 Å². The Kier molecular flexibility index (Phi) is 9.22. The van der Waals surface area contributed by atoms with Gasteiger partial charge in [-0.15, -0.1) is 0 Å². The highest BCUT2D eigenvalue weighted by molar-refractivity contribution is 7.80. The Morgan fingerprint density at radius 3 is 2.28 bits per heavy atom. The van der Waals surface area contributed by atoms with E-state index in [0.717, 1.165) is 19.0 Å². The summed E-state index contributed by atoms with van der Waals surface area (Å²) in [5.74, 6) is 1.00. The lowest BCUT2D eigenvalue weighted by Gasteiger charge is -2.35. The van der Waals surface area contributed by atoms with Gasteiger partial charge in [0.05, 0.1) is 6.61 Å². The van der Waals surface area contributed by atoms with Crippen LogP contribution in [-0.2, 0) is 4.74 Å². The van der Waals surface area contributed by atoms with E-state index in [1.165, 1.54) is 70.6 Å². The molecule has 0 spiro atoms. The summed E-state index contributed by atoms with van der Waals surface area (Å²) >= 11 is 4.55. The van der Waals surface area contributed by atoms with Crippen molar-refractivity contribution in [3.05, 3.63) is 0 Å². The molecule has 0 amide bonds. The third kappa shape index (κ3) is 6.47. The minimum Gasteiger partial charge on any atom is -0.381 e. The molecule has 0 aliphatic heterocycles. The van der Waals surface area contributed by atoms with E-state index in [-0.39, 0.29) is 0 Å². The summed E-state index contributed by atoms with van der Waals surface area (Å²) in [5, 5.41) is 0. The normalized spacial score (nSPS) is 19.0. The maximum atomic E-state index is 5.93. The first-order valence-corrected chi connectivity index (χ1v) is 8.65. The van der Waals surface area contributed by atoms with Gasteiger partial charge in [0.25, 0.3) is 0 Å². The molecule has 0 radical (unpaired) electrons. The average molecular weight is 272 g/mol. The molecule has 0 heterocycles. The number of thiol groups is 1. The van der Waals surface area contributed by atoms with Crippen LogP contribution in [0.4, 0.5) is 0 Å². The fourth-order valence-corrected chi connectivity index (χ4v) is 3.33. The van der Waals surface area contributed by atoms with Gasteiger partial charge >= 0.3 is 0 Å². The van der Waals surface area contributed by atoms with Crippen molar-refractivity contribution in [2.24, 2.45) is 5.41 Å². The summed E-state index contributed by atoms with van der Waals surface area (Å²) in [4.78, 5) is 0. The van der Waals surface area contributed by atoms with Crippen molar-refractivity contribution in [1.82, 2.24) is 0 Å². The molecule has 0 saturated heterocycles. The van der Waals surface area contributed by atoms with E-state index in [0.29, 0.717) is 5.41 Å². The van der Waals surface area contributed by atoms with E-state index in [1.54, 1.807) is 0 Å². The van der Waals surface area contributed by atoms with E-state index < -0.39 is 0 Å². The van der Waals surface area contributed by atoms with Crippen LogP contribution in [0.2, 0.25) is 0 Å². The van der Waals surface area contributed by atoms with Crippen molar-refractivity contribution >= 4 is 12.6 Å². The van der Waals surface area contributed by atoms with Crippen molar-refractivity contribution < 1.29 is 4.74 Å². The monoisotopic (exact) mass is 272 g/mol. The molecular weight excluding hydrogens is 240 g/mol. The van der Waals surface area contributed by atoms with Gasteiger partial charge in [-0.3, -0.25) is 0 Å². The quantitative estimate of drug-likeness (QED) is 0.422. The van der Waals surface area contributed by atoms with E-state index in [9.17, 15) is 0 Å². The Balaban J connectivity index is 1.98.